The smallest absolute Gasteiger partial charge is 0.177 e. The van der Waals surface area contributed by atoms with Gasteiger partial charge in [0, 0.05) is 22.6 Å². The van der Waals surface area contributed by atoms with Crippen molar-refractivity contribution in [2.45, 2.75) is 25.3 Å². The second-order valence-electron chi connectivity index (χ2n) is 4.80. The van der Waals surface area contributed by atoms with E-state index in [1.807, 2.05) is 0 Å². The number of anilines is 2. The van der Waals surface area contributed by atoms with Crippen LogP contribution in [0.5, 0.6) is 0 Å². The Kier molecular flexibility index (Phi) is 4.06. The Balaban J connectivity index is 2.22. The van der Waals surface area contributed by atoms with E-state index in [4.69, 9.17) is 5.73 Å². The number of nitrogen functional groups attached to an aromatic ring is 1. The number of aryl methyl sites for hydroxylation is 2. The first-order chi connectivity index (χ1) is 9.29. The molecule has 0 aliphatic rings. The lowest BCUT2D eigenvalue weighted by Crippen LogP contribution is -2.07. The summed E-state index contributed by atoms with van der Waals surface area (Å²) >= 11 is 1.73. The normalized spacial score (nSPS) is 11.6. The number of rotatable bonds is 4. The van der Waals surface area contributed by atoms with Crippen LogP contribution in [0.2, 0.25) is 0 Å². The highest BCUT2D eigenvalue weighted by atomic mass is 32.2. The Bertz CT molecular complexity index is 714. The minimum Gasteiger partial charge on any atom is -0.396 e. The molecule has 0 aliphatic carbocycles. The molecule has 2 rings (SSSR count). The van der Waals surface area contributed by atoms with Crippen molar-refractivity contribution in [3.05, 3.63) is 39.6 Å². The van der Waals surface area contributed by atoms with E-state index in [0.29, 0.717) is 12.2 Å². The standard InChI is InChI=1S/C14H18N2O2S2/c1-9-7-11(19-10(9)2)8-16-12-5-4-6-13(14(12)15)20(3,17)18/h4-7,16H,8,15H2,1-3H3. The molecule has 6 heteroatoms. The van der Waals surface area contributed by atoms with Gasteiger partial charge in [-0.2, -0.15) is 0 Å². The average Bonchev–Trinajstić information content (AvgIpc) is 2.66. The summed E-state index contributed by atoms with van der Waals surface area (Å²) < 4.78 is 23.2. The molecular formula is C14H18N2O2S2. The maximum Gasteiger partial charge on any atom is 0.177 e. The van der Waals surface area contributed by atoms with Gasteiger partial charge in [0.1, 0.15) is 0 Å². The van der Waals surface area contributed by atoms with Gasteiger partial charge in [0.2, 0.25) is 0 Å². The second kappa shape index (κ2) is 5.46. The van der Waals surface area contributed by atoms with E-state index >= 15 is 0 Å². The molecule has 1 heterocycles. The molecular weight excluding hydrogens is 292 g/mol. The fourth-order valence-electron chi connectivity index (χ4n) is 1.94. The van der Waals surface area contributed by atoms with Crippen molar-refractivity contribution in [2.24, 2.45) is 0 Å². The van der Waals surface area contributed by atoms with Crippen molar-refractivity contribution in [2.75, 3.05) is 17.3 Å². The summed E-state index contributed by atoms with van der Waals surface area (Å²) in [6, 6.07) is 7.14. The molecule has 0 saturated heterocycles. The lowest BCUT2D eigenvalue weighted by atomic mass is 10.2. The van der Waals surface area contributed by atoms with Crippen molar-refractivity contribution in [3.8, 4) is 0 Å². The molecule has 0 bridgehead atoms. The molecule has 20 heavy (non-hydrogen) atoms. The second-order valence-corrected chi connectivity index (χ2v) is 8.12. The molecule has 1 aromatic carbocycles. The summed E-state index contributed by atoms with van der Waals surface area (Å²) in [5.74, 6) is 0. The van der Waals surface area contributed by atoms with E-state index < -0.39 is 9.84 Å². The van der Waals surface area contributed by atoms with Gasteiger partial charge in [0.15, 0.2) is 9.84 Å². The first kappa shape index (κ1) is 14.9. The van der Waals surface area contributed by atoms with Crippen LogP contribution in [0.4, 0.5) is 11.4 Å². The van der Waals surface area contributed by atoms with E-state index in [1.165, 1.54) is 21.4 Å². The number of para-hydroxylation sites is 1. The van der Waals surface area contributed by atoms with Crippen molar-refractivity contribution < 1.29 is 8.42 Å². The monoisotopic (exact) mass is 310 g/mol. The van der Waals surface area contributed by atoms with Gasteiger partial charge in [0.25, 0.3) is 0 Å². The Morgan fingerprint density at radius 1 is 1.30 bits per heavy atom. The van der Waals surface area contributed by atoms with E-state index in [9.17, 15) is 8.42 Å². The van der Waals surface area contributed by atoms with Crippen LogP contribution < -0.4 is 11.1 Å². The minimum absolute atomic E-state index is 0.168. The van der Waals surface area contributed by atoms with Crippen LogP contribution in [-0.2, 0) is 16.4 Å². The van der Waals surface area contributed by atoms with Gasteiger partial charge in [-0.3, -0.25) is 0 Å². The van der Waals surface area contributed by atoms with E-state index in [0.717, 1.165) is 6.26 Å². The molecule has 0 amide bonds. The quantitative estimate of drug-likeness (QED) is 0.852. The van der Waals surface area contributed by atoms with Gasteiger partial charge >= 0.3 is 0 Å². The van der Waals surface area contributed by atoms with Crippen LogP contribution in [0, 0.1) is 13.8 Å². The molecule has 4 nitrogen and oxygen atoms in total. The number of thiophene rings is 1. The van der Waals surface area contributed by atoms with E-state index in [-0.39, 0.29) is 10.6 Å². The molecule has 0 aliphatic heterocycles. The molecule has 0 atom stereocenters. The summed E-state index contributed by atoms with van der Waals surface area (Å²) in [6.45, 7) is 4.80. The van der Waals surface area contributed by atoms with Gasteiger partial charge in [-0.1, -0.05) is 6.07 Å². The van der Waals surface area contributed by atoms with Gasteiger partial charge < -0.3 is 11.1 Å². The minimum atomic E-state index is -3.30. The number of hydrogen-bond donors (Lipinski definition) is 2. The van der Waals surface area contributed by atoms with Crippen molar-refractivity contribution in [1.82, 2.24) is 0 Å². The predicted octanol–water partition coefficient (Wildman–Crippen LogP) is 2.96. The Labute approximate surface area is 123 Å². The first-order valence-corrected chi connectivity index (χ1v) is 8.88. The molecule has 3 N–H and O–H groups in total. The average molecular weight is 310 g/mol. The number of benzene rings is 1. The third-order valence-corrected chi connectivity index (χ3v) is 5.44. The van der Waals surface area contributed by atoms with E-state index in [1.54, 1.807) is 23.5 Å². The number of hydrogen-bond acceptors (Lipinski definition) is 5. The maximum absolute atomic E-state index is 11.6. The van der Waals surface area contributed by atoms with Gasteiger partial charge in [-0.25, -0.2) is 8.42 Å². The number of nitrogens with one attached hydrogen (secondary N) is 1. The molecule has 0 saturated carbocycles. The summed E-state index contributed by atoms with van der Waals surface area (Å²) in [4.78, 5) is 2.66. The molecule has 1 aromatic heterocycles. The third kappa shape index (κ3) is 3.13. The summed E-state index contributed by atoms with van der Waals surface area (Å²) in [7, 11) is -3.30. The lowest BCUT2D eigenvalue weighted by molar-refractivity contribution is 0.602. The lowest BCUT2D eigenvalue weighted by Gasteiger charge is -2.11. The molecule has 108 valence electrons. The van der Waals surface area contributed by atoms with Crippen molar-refractivity contribution >= 4 is 32.5 Å². The molecule has 0 radical (unpaired) electrons. The Morgan fingerprint density at radius 2 is 2.00 bits per heavy atom. The predicted molar refractivity (Wildman–Crippen MR) is 85.1 cm³/mol. The van der Waals surface area contributed by atoms with Crippen LogP contribution in [0.3, 0.4) is 0 Å². The molecule has 0 fully saturated rings. The largest absolute Gasteiger partial charge is 0.396 e. The summed E-state index contributed by atoms with van der Waals surface area (Å²) in [5, 5.41) is 3.20. The van der Waals surface area contributed by atoms with Gasteiger partial charge in [-0.15, -0.1) is 11.3 Å². The Hall–Kier alpha value is -1.53. The topological polar surface area (TPSA) is 72.2 Å². The fourth-order valence-corrected chi connectivity index (χ4v) is 3.77. The number of nitrogens with two attached hydrogens (primary N) is 1. The maximum atomic E-state index is 11.6. The third-order valence-electron chi connectivity index (χ3n) is 3.14. The summed E-state index contributed by atoms with van der Waals surface area (Å²) in [5.41, 5.74) is 8.13. The van der Waals surface area contributed by atoms with E-state index in [2.05, 4.69) is 25.2 Å². The molecule has 2 aromatic rings. The van der Waals surface area contributed by atoms with Gasteiger partial charge in [-0.05, 0) is 37.6 Å². The first-order valence-electron chi connectivity index (χ1n) is 6.17. The fraction of sp³-hybridized carbons (Fsp3) is 0.286. The zero-order valence-corrected chi connectivity index (χ0v) is 13.4. The highest BCUT2D eigenvalue weighted by Gasteiger charge is 2.14. The molecule has 0 unspecified atom stereocenters. The summed E-state index contributed by atoms with van der Waals surface area (Å²) in [6.07, 6.45) is 1.16. The zero-order chi connectivity index (χ0) is 14.9. The van der Waals surface area contributed by atoms with Crippen LogP contribution >= 0.6 is 11.3 Å². The number of sulfone groups is 1. The molecule has 0 spiro atoms. The van der Waals surface area contributed by atoms with Crippen molar-refractivity contribution in [3.63, 3.8) is 0 Å². The van der Waals surface area contributed by atoms with Crippen LogP contribution in [0.25, 0.3) is 0 Å². The highest BCUT2D eigenvalue weighted by Crippen LogP contribution is 2.28. The zero-order valence-electron chi connectivity index (χ0n) is 11.7. The van der Waals surface area contributed by atoms with Crippen LogP contribution in [-0.4, -0.2) is 14.7 Å². The van der Waals surface area contributed by atoms with Crippen LogP contribution in [0.15, 0.2) is 29.2 Å². The SMILES string of the molecule is Cc1cc(CNc2cccc(S(C)(=O)=O)c2N)sc1C. The van der Waals surface area contributed by atoms with Crippen molar-refractivity contribution in [1.29, 1.82) is 0 Å². The van der Waals surface area contributed by atoms with Gasteiger partial charge in [0.05, 0.1) is 16.3 Å². The Morgan fingerprint density at radius 3 is 2.55 bits per heavy atom. The highest BCUT2D eigenvalue weighted by molar-refractivity contribution is 7.90. The van der Waals surface area contributed by atoms with Crippen LogP contribution in [0.1, 0.15) is 15.3 Å².